The van der Waals surface area contributed by atoms with E-state index in [1.807, 2.05) is 12.1 Å². The zero-order chi connectivity index (χ0) is 21.1. The van der Waals surface area contributed by atoms with Crippen LogP contribution in [0.4, 0.5) is 0 Å². The molecule has 0 bridgehead atoms. The molecular formula is C24H33ClN2O3. The SMILES string of the molecule is CC[C@@H](N)[C@]1(CC2CCOCC2)CC[C@@H](Oc2cc3cc[nH]c(=O)c3cc2Cl)CC1. The number of halogens is 1. The molecule has 0 amide bonds. The molecule has 1 aliphatic carbocycles. The maximum Gasteiger partial charge on any atom is 0.255 e. The predicted molar refractivity (Wildman–Crippen MR) is 121 cm³/mol. The number of H-pyrrole nitrogens is 1. The molecular weight excluding hydrogens is 400 g/mol. The first-order valence-electron chi connectivity index (χ1n) is 11.3. The average molecular weight is 433 g/mol. The van der Waals surface area contributed by atoms with E-state index in [1.165, 1.54) is 6.42 Å². The van der Waals surface area contributed by atoms with Crippen LogP contribution >= 0.6 is 11.6 Å². The van der Waals surface area contributed by atoms with Crippen LogP contribution in [0.25, 0.3) is 10.8 Å². The van der Waals surface area contributed by atoms with Gasteiger partial charge in [-0.25, -0.2) is 0 Å². The van der Waals surface area contributed by atoms with Gasteiger partial charge in [0.25, 0.3) is 5.56 Å². The van der Waals surface area contributed by atoms with E-state index in [4.69, 9.17) is 26.8 Å². The minimum absolute atomic E-state index is 0.133. The highest BCUT2D eigenvalue weighted by Crippen LogP contribution is 2.47. The highest BCUT2D eigenvalue weighted by molar-refractivity contribution is 6.32. The normalized spacial score (nSPS) is 26.6. The highest BCUT2D eigenvalue weighted by atomic mass is 35.5. The van der Waals surface area contributed by atoms with Crippen LogP contribution in [0.15, 0.2) is 29.2 Å². The lowest BCUT2D eigenvalue weighted by atomic mass is 9.63. The summed E-state index contributed by atoms with van der Waals surface area (Å²) in [5.74, 6) is 1.39. The number of rotatable bonds is 6. The summed E-state index contributed by atoms with van der Waals surface area (Å²) in [4.78, 5) is 14.7. The number of fused-ring (bicyclic) bond motifs is 1. The smallest absolute Gasteiger partial charge is 0.255 e. The van der Waals surface area contributed by atoms with E-state index in [2.05, 4.69) is 11.9 Å². The molecule has 5 nitrogen and oxygen atoms in total. The molecule has 1 aromatic carbocycles. The molecule has 0 unspecified atom stereocenters. The van der Waals surface area contributed by atoms with Gasteiger partial charge in [-0.05, 0) is 86.3 Å². The number of ether oxygens (including phenoxy) is 2. The summed E-state index contributed by atoms with van der Waals surface area (Å²) in [5, 5.41) is 1.92. The van der Waals surface area contributed by atoms with Crippen molar-refractivity contribution in [2.45, 2.75) is 70.4 Å². The molecule has 1 atom stereocenters. The van der Waals surface area contributed by atoms with Crippen LogP contribution in [0, 0.1) is 11.3 Å². The lowest BCUT2D eigenvalue weighted by molar-refractivity contribution is 0.00891. The molecule has 164 valence electrons. The second-order valence-corrected chi connectivity index (χ2v) is 9.54. The fraction of sp³-hybridized carbons (Fsp3) is 0.625. The van der Waals surface area contributed by atoms with Crippen LogP contribution < -0.4 is 16.0 Å². The van der Waals surface area contributed by atoms with E-state index in [-0.39, 0.29) is 23.1 Å². The van der Waals surface area contributed by atoms with Crippen molar-refractivity contribution >= 4 is 22.4 Å². The van der Waals surface area contributed by atoms with E-state index in [1.54, 1.807) is 12.3 Å². The molecule has 6 heteroatoms. The standard InChI is InChI=1S/C24H33ClN2O3/c1-2-22(26)24(15-16-6-11-29-12-7-16)8-3-18(4-9-24)30-21-13-17-5-10-27-23(28)19(17)14-20(21)25/h5,10,13-14,16,18,22H,2-4,6-9,11-12,15,26H2,1H3,(H,27,28)/t18-,22-,24-/m1/s1. The Kier molecular flexibility index (Phi) is 6.71. The number of pyridine rings is 1. The van der Waals surface area contributed by atoms with Gasteiger partial charge < -0.3 is 20.2 Å². The van der Waals surface area contributed by atoms with Crippen LogP contribution in [0.3, 0.4) is 0 Å². The fourth-order valence-electron chi connectivity index (χ4n) is 5.43. The maximum absolute atomic E-state index is 12.0. The van der Waals surface area contributed by atoms with Crippen LogP contribution in [0.2, 0.25) is 5.02 Å². The van der Waals surface area contributed by atoms with Crippen LogP contribution in [-0.2, 0) is 4.74 Å². The molecule has 1 saturated carbocycles. The third-order valence-corrected chi connectivity index (χ3v) is 7.61. The average Bonchev–Trinajstić information content (AvgIpc) is 2.76. The minimum atomic E-state index is -0.134. The number of nitrogens with one attached hydrogen (secondary N) is 1. The van der Waals surface area contributed by atoms with Crippen molar-refractivity contribution in [1.82, 2.24) is 4.98 Å². The Bertz CT molecular complexity index is 914. The molecule has 2 aliphatic rings. The van der Waals surface area contributed by atoms with Crippen molar-refractivity contribution in [2.24, 2.45) is 17.1 Å². The van der Waals surface area contributed by atoms with Crippen molar-refractivity contribution < 1.29 is 9.47 Å². The highest BCUT2D eigenvalue weighted by Gasteiger charge is 2.41. The number of hydrogen-bond acceptors (Lipinski definition) is 4. The molecule has 30 heavy (non-hydrogen) atoms. The van der Waals surface area contributed by atoms with E-state index >= 15 is 0 Å². The van der Waals surface area contributed by atoms with E-state index in [0.29, 0.717) is 16.2 Å². The van der Waals surface area contributed by atoms with Gasteiger partial charge in [0.2, 0.25) is 0 Å². The number of aromatic nitrogens is 1. The van der Waals surface area contributed by atoms with Crippen molar-refractivity contribution in [2.75, 3.05) is 13.2 Å². The molecule has 3 N–H and O–H groups in total. The molecule has 2 aromatic rings. The Hall–Kier alpha value is -1.56. The van der Waals surface area contributed by atoms with Gasteiger partial charge in [0.05, 0.1) is 11.1 Å². The summed E-state index contributed by atoms with van der Waals surface area (Å²) in [7, 11) is 0. The third-order valence-electron chi connectivity index (χ3n) is 7.31. The molecule has 1 aliphatic heterocycles. The fourth-order valence-corrected chi connectivity index (χ4v) is 5.64. The lowest BCUT2D eigenvalue weighted by Crippen LogP contribution is -2.47. The van der Waals surface area contributed by atoms with Crippen LogP contribution in [0.5, 0.6) is 5.75 Å². The summed E-state index contributed by atoms with van der Waals surface area (Å²) in [6.45, 7) is 3.98. The van der Waals surface area contributed by atoms with E-state index in [9.17, 15) is 4.79 Å². The molecule has 1 aromatic heterocycles. The number of aromatic amines is 1. The Morgan fingerprint density at radius 3 is 2.70 bits per heavy atom. The summed E-state index contributed by atoms with van der Waals surface area (Å²) >= 11 is 6.44. The first-order chi connectivity index (χ1) is 14.5. The van der Waals surface area contributed by atoms with Gasteiger partial charge in [-0.1, -0.05) is 18.5 Å². The van der Waals surface area contributed by atoms with Gasteiger partial charge >= 0.3 is 0 Å². The molecule has 1 saturated heterocycles. The topological polar surface area (TPSA) is 77.3 Å². The maximum atomic E-state index is 12.0. The van der Waals surface area contributed by atoms with Gasteiger partial charge in [0.1, 0.15) is 5.75 Å². The number of benzene rings is 1. The Balaban J connectivity index is 1.45. The molecule has 0 radical (unpaired) electrons. The molecule has 2 fully saturated rings. The number of hydrogen-bond donors (Lipinski definition) is 2. The zero-order valence-corrected chi connectivity index (χ0v) is 18.5. The van der Waals surface area contributed by atoms with Gasteiger partial charge in [-0.3, -0.25) is 4.79 Å². The Morgan fingerprint density at radius 2 is 2.00 bits per heavy atom. The molecule has 4 rings (SSSR count). The van der Waals surface area contributed by atoms with Crippen LogP contribution in [0.1, 0.15) is 58.3 Å². The third kappa shape index (κ3) is 4.53. The second kappa shape index (κ2) is 9.29. The minimum Gasteiger partial charge on any atom is -0.489 e. The Morgan fingerprint density at radius 1 is 1.27 bits per heavy atom. The molecule has 2 heterocycles. The quantitative estimate of drug-likeness (QED) is 0.670. The van der Waals surface area contributed by atoms with Crippen molar-refractivity contribution in [3.05, 3.63) is 39.8 Å². The van der Waals surface area contributed by atoms with Gasteiger partial charge in [0.15, 0.2) is 0 Å². The van der Waals surface area contributed by atoms with Crippen LogP contribution in [-0.4, -0.2) is 30.3 Å². The summed E-state index contributed by atoms with van der Waals surface area (Å²) in [6, 6.07) is 5.70. The zero-order valence-electron chi connectivity index (χ0n) is 17.8. The van der Waals surface area contributed by atoms with Crippen molar-refractivity contribution in [3.63, 3.8) is 0 Å². The van der Waals surface area contributed by atoms with Gasteiger partial charge in [0, 0.05) is 30.8 Å². The summed E-state index contributed by atoms with van der Waals surface area (Å²) in [5.41, 5.74) is 6.74. The van der Waals surface area contributed by atoms with E-state index < -0.39 is 0 Å². The lowest BCUT2D eigenvalue weighted by Gasteiger charge is -2.46. The summed E-state index contributed by atoms with van der Waals surface area (Å²) in [6.07, 6.45) is 10.5. The molecule has 0 spiro atoms. The van der Waals surface area contributed by atoms with Crippen molar-refractivity contribution in [1.29, 1.82) is 0 Å². The summed E-state index contributed by atoms with van der Waals surface area (Å²) < 4.78 is 11.9. The second-order valence-electron chi connectivity index (χ2n) is 9.13. The van der Waals surface area contributed by atoms with E-state index in [0.717, 1.165) is 69.5 Å². The van der Waals surface area contributed by atoms with Gasteiger partial charge in [-0.15, -0.1) is 0 Å². The Labute approximate surface area is 183 Å². The predicted octanol–water partition coefficient (Wildman–Crippen LogP) is 5.04. The number of nitrogens with two attached hydrogens (primary N) is 1. The first kappa shape index (κ1) is 21.7. The first-order valence-corrected chi connectivity index (χ1v) is 11.7. The monoisotopic (exact) mass is 432 g/mol. The van der Waals surface area contributed by atoms with Crippen molar-refractivity contribution in [3.8, 4) is 5.75 Å². The largest absolute Gasteiger partial charge is 0.489 e. The van der Waals surface area contributed by atoms with Gasteiger partial charge in [-0.2, -0.15) is 0 Å².